The number of rotatable bonds is 3. The van der Waals surface area contributed by atoms with Gasteiger partial charge in [-0.1, -0.05) is 0 Å². The molecule has 2 aromatic rings. The molecule has 0 saturated carbocycles. The summed E-state index contributed by atoms with van der Waals surface area (Å²) >= 11 is 3.08. The molecule has 0 unspecified atom stereocenters. The zero-order valence-electron chi connectivity index (χ0n) is 10.9. The maximum absolute atomic E-state index is 12.7. The molecule has 4 nitrogen and oxygen atoms in total. The molecule has 0 atom stereocenters. The SMILES string of the molecule is Cn1ccnc1CNC(=O)c1cc(C(F)(F)F)ccc1Br. The molecule has 2 rings (SSSR count). The fraction of sp³-hybridized carbons (Fsp3) is 0.231. The minimum Gasteiger partial charge on any atom is -0.345 e. The molecular formula is C13H11BrF3N3O. The van der Waals surface area contributed by atoms with Crippen LogP contribution < -0.4 is 5.32 Å². The van der Waals surface area contributed by atoms with Crippen molar-refractivity contribution in [2.75, 3.05) is 0 Å². The third kappa shape index (κ3) is 3.63. The van der Waals surface area contributed by atoms with Crippen LogP contribution in [0.1, 0.15) is 21.7 Å². The van der Waals surface area contributed by atoms with Gasteiger partial charge in [0.15, 0.2) is 0 Å². The van der Waals surface area contributed by atoms with Crippen LogP contribution in [0, 0.1) is 0 Å². The highest BCUT2D eigenvalue weighted by Gasteiger charge is 2.31. The number of nitrogens with zero attached hydrogens (tertiary/aromatic N) is 2. The number of alkyl halides is 3. The van der Waals surface area contributed by atoms with Gasteiger partial charge in [-0.15, -0.1) is 0 Å². The summed E-state index contributed by atoms with van der Waals surface area (Å²) in [6, 6.07) is 2.94. The number of amides is 1. The zero-order valence-corrected chi connectivity index (χ0v) is 12.5. The summed E-state index contributed by atoms with van der Waals surface area (Å²) in [7, 11) is 1.76. The van der Waals surface area contributed by atoms with Gasteiger partial charge >= 0.3 is 6.18 Å². The average Bonchev–Trinajstić information content (AvgIpc) is 2.80. The van der Waals surface area contributed by atoms with Crippen LogP contribution in [0.15, 0.2) is 35.1 Å². The Labute approximate surface area is 127 Å². The predicted octanol–water partition coefficient (Wildman–Crippen LogP) is 3.13. The van der Waals surface area contributed by atoms with Crippen LogP contribution in [0.2, 0.25) is 0 Å². The van der Waals surface area contributed by atoms with E-state index < -0.39 is 17.6 Å². The number of imidazole rings is 1. The van der Waals surface area contributed by atoms with Crippen LogP contribution in [0.3, 0.4) is 0 Å². The van der Waals surface area contributed by atoms with Gasteiger partial charge in [0.2, 0.25) is 0 Å². The standard InChI is InChI=1S/C13H11BrF3N3O/c1-20-5-4-18-11(20)7-19-12(21)9-6-8(13(15,16)17)2-3-10(9)14/h2-6H,7H2,1H3,(H,19,21). The summed E-state index contributed by atoms with van der Waals surface area (Å²) in [6.45, 7) is 0.130. The van der Waals surface area contributed by atoms with Crippen molar-refractivity contribution in [1.82, 2.24) is 14.9 Å². The number of aryl methyl sites for hydroxylation is 1. The second-order valence-electron chi connectivity index (χ2n) is 4.33. The van der Waals surface area contributed by atoms with Gasteiger partial charge in [0.1, 0.15) is 5.82 Å². The van der Waals surface area contributed by atoms with Gasteiger partial charge in [0.05, 0.1) is 17.7 Å². The molecular weight excluding hydrogens is 351 g/mol. The molecule has 1 aromatic heterocycles. The molecule has 1 amide bonds. The second-order valence-corrected chi connectivity index (χ2v) is 5.18. The first kappa shape index (κ1) is 15.6. The lowest BCUT2D eigenvalue weighted by molar-refractivity contribution is -0.137. The average molecular weight is 362 g/mol. The Bertz CT molecular complexity index is 667. The number of halogens is 4. The number of carbonyl (C=O) groups is 1. The van der Waals surface area contributed by atoms with E-state index in [1.165, 1.54) is 6.07 Å². The molecule has 21 heavy (non-hydrogen) atoms. The van der Waals surface area contributed by atoms with E-state index in [4.69, 9.17) is 0 Å². The van der Waals surface area contributed by atoms with Crippen LogP contribution in [0.25, 0.3) is 0 Å². The third-order valence-electron chi connectivity index (χ3n) is 2.87. The molecule has 0 bridgehead atoms. The second kappa shape index (κ2) is 5.88. The van der Waals surface area contributed by atoms with Crippen molar-refractivity contribution in [3.05, 3.63) is 52.0 Å². The molecule has 8 heteroatoms. The van der Waals surface area contributed by atoms with Crippen molar-refractivity contribution in [3.63, 3.8) is 0 Å². The minimum atomic E-state index is -4.49. The van der Waals surface area contributed by atoms with E-state index in [0.717, 1.165) is 12.1 Å². The Balaban J connectivity index is 2.17. The van der Waals surface area contributed by atoms with Crippen molar-refractivity contribution < 1.29 is 18.0 Å². The summed E-state index contributed by atoms with van der Waals surface area (Å²) in [5.41, 5.74) is -0.938. The van der Waals surface area contributed by atoms with Crippen LogP contribution in [-0.4, -0.2) is 15.5 Å². The smallest absolute Gasteiger partial charge is 0.345 e. The molecule has 0 spiro atoms. The summed E-state index contributed by atoms with van der Waals surface area (Å²) in [5, 5.41) is 2.54. The quantitative estimate of drug-likeness (QED) is 0.912. The first-order valence-electron chi connectivity index (χ1n) is 5.90. The van der Waals surface area contributed by atoms with Crippen LogP contribution in [0.5, 0.6) is 0 Å². The molecule has 112 valence electrons. The van der Waals surface area contributed by atoms with Crippen molar-refractivity contribution in [2.45, 2.75) is 12.7 Å². The Hall–Kier alpha value is -1.83. The highest BCUT2D eigenvalue weighted by Crippen LogP contribution is 2.31. The van der Waals surface area contributed by atoms with Crippen molar-refractivity contribution >= 4 is 21.8 Å². The lowest BCUT2D eigenvalue weighted by Crippen LogP contribution is -2.25. The minimum absolute atomic E-state index is 0.0703. The van der Waals surface area contributed by atoms with Gasteiger partial charge in [0, 0.05) is 23.9 Å². The van der Waals surface area contributed by atoms with Gasteiger partial charge in [-0.2, -0.15) is 13.2 Å². The lowest BCUT2D eigenvalue weighted by atomic mass is 10.1. The number of nitrogens with one attached hydrogen (secondary N) is 1. The third-order valence-corrected chi connectivity index (χ3v) is 3.56. The molecule has 0 fully saturated rings. The van der Waals surface area contributed by atoms with Gasteiger partial charge in [-0.25, -0.2) is 4.98 Å². The maximum Gasteiger partial charge on any atom is 0.416 e. The van der Waals surface area contributed by atoms with E-state index in [2.05, 4.69) is 26.2 Å². The summed E-state index contributed by atoms with van der Waals surface area (Å²) in [5.74, 6) is 0.00224. The largest absolute Gasteiger partial charge is 0.416 e. The molecule has 0 aliphatic rings. The topological polar surface area (TPSA) is 46.9 Å². The first-order chi connectivity index (χ1) is 9.79. The van der Waals surface area contributed by atoms with Crippen LogP contribution in [0.4, 0.5) is 13.2 Å². The van der Waals surface area contributed by atoms with Crippen LogP contribution >= 0.6 is 15.9 Å². The number of benzene rings is 1. The number of hydrogen-bond acceptors (Lipinski definition) is 2. The van der Waals surface area contributed by atoms with E-state index >= 15 is 0 Å². The summed E-state index contributed by atoms with van der Waals surface area (Å²) in [4.78, 5) is 16.0. The molecule has 1 aromatic carbocycles. The first-order valence-corrected chi connectivity index (χ1v) is 6.69. The molecule has 0 aliphatic heterocycles. The monoisotopic (exact) mass is 361 g/mol. The Morgan fingerprint density at radius 1 is 1.43 bits per heavy atom. The van der Waals surface area contributed by atoms with Gasteiger partial charge < -0.3 is 9.88 Å². The summed E-state index contributed by atoms with van der Waals surface area (Å²) in [6.07, 6.45) is -1.21. The molecule has 0 saturated heterocycles. The molecule has 1 N–H and O–H groups in total. The number of hydrogen-bond donors (Lipinski definition) is 1. The predicted molar refractivity (Wildman–Crippen MR) is 73.5 cm³/mol. The highest BCUT2D eigenvalue weighted by atomic mass is 79.9. The Morgan fingerprint density at radius 2 is 2.14 bits per heavy atom. The van der Waals surface area contributed by atoms with Crippen LogP contribution in [-0.2, 0) is 19.8 Å². The highest BCUT2D eigenvalue weighted by molar-refractivity contribution is 9.10. The maximum atomic E-state index is 12.7. The molecule has 0 aliphatic carbocycles. The Kier molecular flexibility index (Phi) is 4.36. The number of carbonyl (C=O) groups excluding carboxylic acids is 1. The van der Waals surface area contributed by atoms with Gasteiger partial charge in [-0.05, 0) is 34.1 Å². The van der Waals surface area contributed by atoms with Crippen molar-refractivity contribution in [1.29, 1.82) is 0 Å². The molecule has 1 heterocycles. The lowest BCUT2D eigenvalue weighted by Gasteiger charge is -2.11. The zero-order chi connectivity index (χ0) is 15.6. The Morgan fingerprint density at radius 3 is 2.71 bits per heavy atom. The molecule has 0 radical (unpaired) electrons. The van der Waals surface area contributed by atoms with E-state index in [1.807, 2.05) is 0 Å². The summed E-state index contributed by atoms with van der Waals surface area (Å²) < 4.78 is 40.0. The van der Waals surface area contributed by atoms with E-state index in [9.17, 15) is 18.0 Å². The normalized spacial score (nSPS) is 11.5. The van der Waals surface area contributed by atoms with Crippen molar-refractivity contribution in [3.8, 4) is 0 Å². The fourth-order valence-corrected chi connectivity index (χ4v) is 2.12. The fourth-order valence-electron chi connectivity index (χ4n) is 1.70. The number of aromatic nitrogens is 2. The van der Waals surface area contributed by atoms with Crippen molar-refractivity contribution in [2.24, 2.45) is 7.05 Å². The van der Waals surface area contributed by atoms with E-state index in [-0.39, 0.29) is 12.1 Å². The van der Waals surface area contributed by atoms with Gasteiger partial charge in [0.25, 0.3) is 5.91 Å². The van der Waals surface area contributed by atoms with E-state index in [1.54, 1.807) is 24.0 Å². The van der Waals surface area contributed by atoms with E-state index in [0.29, 0.717) is 10.3 Å². The van der Waals surface area contributed by atoms with Gasteiger partial charge in [-0.3, -0.25) is 4.79 Å².